The molecule has 1 N–H and O–H groups in total. The van der Waals surface area contributed by atoms with E-state index in [2.05, 4.69) is 63.3 Å². The summed E-state index contributed by atoms with van der Waals surface area (Å²) in [6.07, 6.45) is 3.25. The zero-order valence-corrected chi connectivity index (χ0v) is 14.2. The van der Waals surface area contributed by atoms with Crippen LogP contribution in [0.4, 0.5) is 0 Å². The maximum Gasteiger partial charge on any atom is 0.127 e. The SMILES string of the molecule is CCNC(c1cccc2c1OCC2)C(CC)(CC)N(C)C. The van der Waals surface area contributed by atoms with Crippen molar-refractivity contribution in [2.24, 2.45) is 0 Å². The van der Waals surface area contributed by atoms with Gasteiger partial charge in [0.05, 0.1) is 12.6 Å². The highest BCUT2D eigenvalue weighted by molar-refractivity contribution is 5.46. The lowest BCUT2D eigenvalue weighted by molar-refractivity contribution is 0.0876. The van der Waals surface area contributed by atoms with Gasteiger partial charge in [-0.25, -0.2) is 0 Å². The molecule has 0 spiro atoms. The van der Waals surface area contributed by atoms with Crippen LogP contribution in [-0.2, 0) is 6.42 Å². The summed E-state index contributed by atoms with van der Waals surface area (Å²) in [6.45, 7) is 8.54. The van der Waals surface area contributed by atoms with Gasteiger partial charge in [-0.2, -0.15) is 0 Å². The molecule has 2 rings (SSSR count). The summed E-state index contributed by atoms with van der Waals surface area (Å²) in [5.41, 5.74) is 2.79. The first-order chi connectivity index (χ1) is 10.1. The van der Waals surface area contributed by atoms with E-state index in [4.69, 9.17) is 4.74 Å². The van der Waals surface area contributed by atoms with Crippen LogP contribution in [0.1, 0.15) is 50.8 Å². The van der Waals surface area contributed by atoms with Crippen LogP contribution < -0.4 is 10.1 Å². The predicted octanol–water partition coefficient (Wildman–Crippen LogP) is 3.39. The fourth-order valence-electron chi connectivity index (χ4n) is 3.81. The second kappa shape index (κ2) is 6.80. The molecular formula is C18H30N2O. The first-order valence-electron chi connectivity index (χ1n) is 8.26. The molecule has 118 valence electrons. The van der Waals surface area contributed by atoms with Crippen molar-refractivity contribution < 1.29 is 4.74 Å². The van der Waals surface area contributed by atoms with Crippen LogP contribution in [0.3, 0.4) is 0 Å². The zero-order chi connectivity index (χ0) is 15.5. The van der Waals surface area contributed by atoms with Gasteiger partial charge in [-0.1, -0.05) is 39.0 Å². The molecule has 1 aromatic rings. The van der Waals surface area contributed by atoms with Crippen molar-refractivity contribution >= 4 is 0 Å². The van der Waals surface area contributed by atoms with E-state index >= 15 is 0 Å². The molecule has 0 radical (unpaired) electrons. The molecule has 0 fully saturated rings. The quantitative estimate of drug-likeness (QED) is 0.833. The molecule has 1 aliphatic rings. The van der Waals surface area contributed by atoms with Crippen molar-refractivity contribution in [2.45, 2.75) is 51.6 Å². The molecule has 0 saturated heterocycles. The molecule has 1 unspecified atom stereocenters. The number of rotatable bonds is 7. The second-order valence-corrected chi connectivity index (χ2v) is 6.13. The number of nitrogens with zero attached hydrogens (tertiary/aromatic N) is 1. The van der Waals surface area contributed by atoms with E-state index in [1.807, 2.05) is 0 Å². The summed E-state index contributed by atoms with van der Waals surface area (Å²) in [5, 5.41) is 3.73. The standard InChI is InChI=1S/C18H30N2O/c1-6-18(7-2,20(4)5)17(19-8-3)15-11-9-10-14-12-13-21-16(14)15/h9-11,17,19H,6-8,12-13H2,1-5H3. The average molecular weight is 290 g/mol. The maximum atomic E-state index is 5.96. The Kier molecular flexibility index (Phi) is 5.28. The monoisotopic (exact) mass is 290 g/mol. The largest absolute Gasteiger partial charge is 0.493 e. The molecule has 1 heterocycles. The van der Waals surface area contributed by atoms with Crippen LogP contribution >= 0.6 is 0 Å². The van der Waals surface area contributed by atoms with Gasteiger partial charge in [0.1, 0.15) is 5.75 Å². The van der Waals surface area contributed by atoms with Gasteiger partial charge in [0, 0.05) is 17.5 Å². The minimum atomic E-state index is 0.108. The lowest BCUT2D eigenvalue weighted by Crippen LogP contribution is -2.53. The van der Waals surface area contributed by atoms with Crippen molar-refractivity contribution in [3.8, 4) is 5.75 Å². The summed E-state index contributed by atoms with van der Waals surface area (Å²) >= 11 is 0. The summed E-state index contributed by atoms with van der Waals surface area (Å²) in [4.78, 5) is 2.38. The Bertz CT molecular complexity index is 466. The minimum Gasteiger partial charge on any atom is -0.493 e. The van der Waals surface area contributed by atoms with Crippen LogP contribution in [0.2, 0.25) is 0 Å². The van der Waals surface area contributed by atoms with E-state index in [1.54, 1.807) is 0 Å². The number of fused-ring (bicyclic) bond motifs is 1. The lowest BCUT2D eigenvalue weighted by atomic mass is 9.79. The van der Waals surface area contributed by atoms with Crippen molar-refractivity contribution in [1.82, 2.24) is 10.2 Å². The number of ether oxygens (including phenoxy) is 1. The number of hydrogen-bond donors (Lipinski definition) is 1. The Hall–Kier alpha value is -1.06. The van der Waals surface area contributed by atoms with Crippen LogP contribution in [0.15, 0.2) is 18.2 Å². The Morgan fingerprint density at radius 1 is 1.24 bits per heavy atom. The molecule has 0 aromatic heterocycles. The van der Waals surface area contributed by atoms with E-state index in [9.17, 15) is 0 Å². The predicted molar refractivity (Wildman–Crippen MR) is 89.1 cm³/mol. The first-order valence-corrected chi connectivity index (χ1v) is 8.26. The lowest BCUT2D eigenvalue weighted by Gasteiger charge is -2.46. The number of nitrogens with one attached hydrogen (secondary N) is 1. The number of benzene rings is 1. The Labute approximate surface area is 129 Å². The molecule has 0 amide bonds. The van der Waals surface area contributed by atoms with Gasteiger partial charge in [0.2, 0.25) is 0 Å². The van der Waals surface area contributed by atoms with Crippen LogP contribution in [0.5, 0.6) is 5.75 Å². The Balaban J connectivity index is 2.50. The van der Waals surface area contributed by atoms with Gasteiger partial charge in [0.15, 0.2) is 0 Å². The van der Waals surface area contributed by atoms with Crippen molar-refractivity contribution in [3.63, 3.8) is 0 Å². The molecule has 21 heavy (non-hydrogen) atoms. The molecule has 1 aliphatic heterocycles. The molecular weight excluding hydrogens is 260 g/mol. The maximum absolute atomic E-state index is 5.96. The van der Waals surface area contributed by atoms with Crippen LogP contribution in [0, 0.1) is 0 Å². The normalized spacial score (nSPS) is 15.9. The summed E-state index contributed by atoms with van der Waals surface area (Å²) in [6, 6.07) is 6.91. The minimum absolute atomic E-state index is 0.108. The third kappa shape index (κ3) is 2.82. The molecule has 1 atom stereocenters. The topological polar surface area (TPSA) is 24.5 Å². The smallest absolute Gasteiger partial charge is 0.127 e. The van der Waals surface area contributed by atoms with Gasteiger partial charge >= 0.3 is 0 Å². The highest BCUT2D eigenvalue weighted by atomic mass is 16.5. The van der Waals surface area contributed by atoms with Crippen molar-refractivity contribution in [2.75, 3.05) is 27.2 Å². The molecule has 1 aromatic carbocycles. The molecule has 0 aliphatic carbocycles. The average Bonchev–Trinajstić information content (AvgIpc) is 2.96. The van der Waals surface area contributed by atoms with Crippen molar-refractivity contribution in [3.05, 3.63) is 29.3 Å². The zero-order valence-electron chi connectivity index (χ0n) is 14.2. The van der Waals surface area contributed by atoms with Gasteiger partial charge in [-0.3, -0.25) is 0 Å². The summed E-state index contributed by atoms with van der Waals surface area (Å²) < 4.78 is 5.96. The molecule has 3 nitrogen and oxygen atoms in total. The van der Waals surface area contributed by atoms with E-state index in [-0.39, 0.29) is 5.54 Å². The third-order valence-corrected chi connectivity index (χ3v) is 5.12. The molecule has 3 heteroatoms. The fourth-order valence-corrected chi connectivity index (χ4v) is 3.81. The highest BCUT2D eigenvalue weighted by Crippen LogP contribution is 2.42. The van der Waals surface area contributed by atoms with E-state index in [0.717, 1.165) is 38.2 Å². The van der Waals surface area contributed by atoms with Crippen LogP contribution in [0.25, 0.3) is 0 Å². The number of hydrogen-bond acceptors (Lipinski definition) is 3. The Morgan fingerprint density at radius 2 is 1.95 bits per heavy atom. The van der Waals surface area contributed by atoms with E-state index < -0.39 is 0 Å². The third-order valence-electron chi connectivity index (χ3n) is 5.12. The fraction of sp³-hybridized carbons (Fsp3) is 0.667. The van der Waals surface area contributed by atoms with Gasteiger partial charge in [-0.15, -0.1) is 0 Å². The Morgan fingerprint density at radius 3 is 2.52 bits per heavy atom. The summed E-state index contributed by atoms with van der Waals surface area (Å²) in [7, 11) is 4.39. The van der Waals surface area contributed by atoms with Crippen molar-refractivity contribution in [1.29, 1.82) is 0 Å². The highest BCUT2D eigenvalue weighted by Gasteiger charge is 2.40. The number of likely N-dealkylation sites (N-methyl/N-ethyl adjacent to an activating group) is 2. The van der Waals surface area contributed by atoms with E-state index in [1.165, 1.54) is 11.1 Å². The summed E-state index contributed by atoms with van der Waals surface area (Å²) in [5.74, 6) is 1.12. The van der Waals surface area contributed by atoms with Crippen LogP contribution in [-0.4, -0.2) is 37.7 Å². The molecule has 0 saturated carbocycles. The van der Waals surface area contributed by atoms with Gasteiger partial charge in [0.25, 0.3) is 0 Å². The van der Waals surface area contributed by atoms with Gasteiger partial charge < -0.3 is 15.0 Å². The number of para-hydroxylation sites is 1. The molecule has 0 bridgehead atoms. The first kappa shape index (κ1) is 16.3. The second-order valence-electron chi connectivity index (χ2n) is 6.13. The van der Waals surface area contributed by atoms with E-state index in [0.29, 0.717) is 6.04 Å². The van der Waals surface area contributed by atoms with Gasteiger partial charge in [-0.05, 0) is 39.0 Å².